The molecule has 1 aromatic heterocycles. The average Bonchev–Trinajstić information content (AvgIpc) is 3.27. The van der Waals surface area contributed by atoms with Crippen LogP contribution in [0.5, 0.6) is 11.5 Å². The third-order valence-corrected chi connectivity index (χ3v) is 5.11. The van der Waals surface area contributed by atoms with Crippen LogP contribution < -0.4 is 9.47 Å². The maximum Gasteiger partial charge on any atom is 0.260 e. The summed E-state index contributed by atoms with van der Waals surface area (Å²) in [6.07, 6.45) is 1.98. The topological polar surface area (TPSA) is 56.6 Å². The number of carbonyl (C=O) groups excluding carboxylic acids is 1. The molecule has 0 saturated carbocycles. The molecule has 162 valence electrons. The highest BCUT2D eigenvalue weighted by Gasteiger charge is 2.17. The molecule has 0 aliphatic rings. The molecule has 0 fully saturated rings. The van der Waals surface area contributed by atoms with E-state index in [1.165, 1.54) is 0 Å². The number of para-hydroxylation sites is 1. The van der Waals surface area contributed by atoms with Crippen LogP contribution in [0, 0.1) is 0 Å². The summed E-state index contributed by atoms with van der Waals surface area (Å²) in [5, 5.41) is 4.81. The van der Waals surface area contributed by atoms with E-state index in [2.05, 4.69) is 0 Å². The summed E-state index contributed by atoms with van der Waals surface area (Å²) < 4.78 is 12.6. The number of amides is 1. The van der Waals surface area contributed by atoms with Gasteiger partial charge < -0.3 is 14.4 Å². The van der Waals surface area contributed by atoms with E-state index in [0.29, 0.717) is 12.3 Å². The Hall–Kier alpha value is -4.06. The fraction of sp³-hybridized carbons (Fsp3) is 0.154. The lowest BCUT2D eigenvalue weighted by Crippen LogP contribution is -2.31. The molecule has 0 atom stereocenters. The molecule has 0 aliphatic heterocycles. The molecule has 0 radical (unpaired) electrons. The number of benzene rings is 3. The van der Waals surface area contributed by atoms with Crippen molar-refractivity contribution in [2.75, 3.05) is 20.8 Å². The second-order valence-corrected chi connectivity index (χ2v) is 7.36. The number of ether oxygens (including phenoxy) is 2. The third-order valence-electron chi connectivity index (χ3n) is 5.11. The molecule has 6 nitrogen and oxygen atoms in total. The smallest absolute Gasteiger partial charge is 0.260 e. The Bertz CT molecular complexity index is 1160. The summed E-state index contributed by atoms with van der Waals surface area (Å²) in [7, 11) is 3.38. The molecule has 0 bridgehead atoms. The summed E-state index contributed by atoms with van der Waals surface area (Å²) in [4.78, 5) is 14.4. The van der Waals surface area contributed by atoms with Crippen LogP contribution in [0.3, 0.4) is 0 Å². The van der Waals surface area contributed by atoms with E-state index in [4.69, 9.17) is 14.6 Å². The number of nitrogens with zero attached hydrogens (tertiary/aromatic N) is 3. The fourth-order valence-electron chi connectivity index (χ4n) is 3.35. The number of aromatic nitrogens is 2. The number of rotatable bonds is 8. The number of hydrogen-bond donors (Lipinski definition) is 0. The van der Waals surface area contributed by atoms with Gasteiger partial charge in [0, 0.05) is 30.9 Å². The van der Waals surface area contributed by atoms with Gasteiger partial charge >= 0.3 is 0 Å². The molecule has 6 heteroatoms. The Morgan fingerprint density at radius 3 is 2.19 bits per heavy atom. The maximum absolute atomic E-state index is 12.7. The molecule has 0 unspecified atom stereocenters. The first-order valence-corrected chi connectivity index (χ1v) is 10.3. The zero-order valence-electron chi connectivity index (χ0n) is 18.1. The Balaban J connectivity index is 1.50. The van der Waals surface area contributed by atoms with Gasteiger partial charge in [-0.1, -0.05) is 48.5 Å². The second kappa shape index (κ2) is 9.83. The molecular formula is C26H25N3O3. The zero-order chi connectivity index (χ0) is 22.3. The van der Waals surface area contributed by atoms with Gasteiger partial charge in [0.25, 0.3) is 5.91 Å². The Morgan fingerprint density at radius 1 is 0.906 bits per heavy atom. The minimum absolute atomic E-state index is 0.0453. The van der Waals surface area contributed by atoms with Crippen molar-refractivity contribution in [3.05, 3.63) is 96.7 Å². The van der Waals surface area contributed by atoms with E-state index in [9.17, 15) is 4.79 Å². The number of hydrogen-bond acceptors (Lipinski definition) is 4. The summed E-state index contributed by atoms with van der Waals surface area (Å²) in [6, 6.07) is 27.1. The van der Waals surface area contributed by atoms with E-state index >= 15 is 0 Å². The molecule has 1 amide bonds. The fourth-order valence-corrected chi connectivity index (χ4v) is 3.35. The monoisotopic (exact) mass is 427 g/mol. The average molecular weight is 428 g/mol. The van der Waals surface area contributed by atoms with E-state index in [-0.39, 0.29) is 12.5 Å². The first kappa shape index (κ1) is 21.2. The van der Waals surface area contributed by atoms with E-state index in [1.54, 1.807) is 43.3 Å². The highest BCUT2D eigenvalue weighted by atomic mass is 16.5. The van der Waals surface area contributed by atoms with Gasteiger partial charge in [-0.15, -0.1) is 0 Å². The quantitative estimate of drug-likeness (QED) is 0.413. The predicted octanol–water partition coefficient (Wildman–Crippen LogP) is 4.59. The van der Waals surface area contributed by atoms with Crippen molar-refractivity contribution in [3.8, 4) is 28.4 Å². The van der Waals surface area contributed by atoms with Crippen LogP contribution in [-0.4, -0.2) is 41.4 Å². The Kier molecular flexibility index (Phi) is 6.51. The van der Waals surface area contributed by atoms with Gasteiger partial charge in [0.1, 0.15) is 11.5 Å². The normalized spacial score (nSPS) is 10.6. The van der Waals surface area contributed by atoms with Crippen molar-refractivity contribution < 1.29 is 14.3 Å². The van der Waals surface area contributed by atoms with Gasteiger partial charge in [-0.3, -0.25) is 4.79 Å². The molecule has 0 saturated heterocycles. The number of methoxy groups -OCH3 is 1. The van der Waals surface area contributed by atoms with Gasteiger partial charge in [0.2, 0.25) is 0 Å². The maximum atomic E-state index is 12.7. The summed E-state index contributed by atoms with van der Waals surface area (Å²) in [6.45, 7) is 0.373. The van der Waals surface area contributed by atoms with Crippen molar-refractivity contribution in [1.82, 2.24) is 14.7 Å². The SMILES string of the molecule is COc1ccc(OCC(=O)N(C)Cc2cn(-c3ccccc3)nc2-c2ccccc2)cc1. The highest BCUT2D eigenvalue weighted by molar-refractivity contribution is 5.78. The van der Waals surface area contributed by atoms with E-state index in [0.717, 1.165) is 28.3 Å². The van der Waals surface area contributed by atoms with Gasteiger partial charge in [-0.05, 0) is 36.4 Å². The predicted molar refractivity (Wildman–Crippen MR) is 124 cm³/mol. The van der Waals surface area contributed by atoms with Gasteiger partial charge in [0.15, 0.2) is 6.61 Å². The third kappa shape index (κ3) is 4.98. The molecule has 3 aromatic carbocycles. The molecule has 32 heavy (non-hydrogen) atoms. The van der Waals surface area contributed by atoms with Crippen LogP contribution in [-0.2, 0) is 11.3 Å². The first-order chi connectivity index (χ1) is 15.6. The molecule has 0 aliphatic carbocycles. The molecule has 0 N–H and O–H groups in total. The molecular weight excluding hydrogens is 402 g/mol. The number of carbonyl (C=O) groups is 1. The Morgan fingerprint density at radius 2 is 1.53 bits per heavy atom. The van der Waals surface area contributed by atoms with Crippen molar-refractivity contribution in [3.63, 3.8) is 0 Å². The highest BCUT2D eigenvalue weighted by Crippen LogP contribution is 2.25. The van der Waals surface area contributed by atoms with E-state index in [1.807, 2.05) is 71.5 Å². The minimum atomic E-state index is -0.118. The van der Waals surface area contributed by atoms with E-state index < -0.39 is 0 Å². The molecule has 0 spiro atoms. The number of likely N-dealkylation sites (N-methyl/N-ethyl adjacent to an activating group) is 1. The standard InChI is InChI=1S/C26H25N3O3/c1-28(25(30)19-32-24-15-13-23(31-2)14-16-24)17-21-18-29(22-11-7-4-8-12-22)27-26(21)20-9-5-3-6-10-20/h3-16,18H,17,19H2,1-2H3. The molecule has 4 aromatic rings. The lowest BCUT2D eigenvalue weighted by molar-refractivity contribution is -0.132. The van der Waals surface area contributed by atoms with Crippen LogP contribution in [0.1, 0.15) is 5.56 Å². The zero-order valence-corrected chi connectivity index (χ0v) is 18.1. The summed E-state index contributed by atoms with van der Waals surface area (Å²) >= 11 is 0. The van der Waals surface area contributed by atoms with Gasteiger partial charge in [0.05, 0.1) is 18.5 Å². The largest absolute Gasteiger partial charge is 0.497 e. The van der Waals surface area contributed by atoms with Gasteiger partial charge in [-0.25, -0.2) is 4.68 Å². The van der Waals surface area contributed by atoms with Crippen LogP contribution >= 0.6 is 0 Å². The van der Waals surface area contributed by atoms with Crippen LogP contribution in [0.2, 0.25) is 0 Å². The molecule has 4 rings (SSSR count). The molecule has 1 heterocycles. The lowest BCUT2D eigenvalue weighted by atomic mass is 10.1. The minimum Gasteiger partial charge on any atom is -0.497 e. The summed E-state index contributed by atoms with van der Waals surface area (Å²) in [5.41, 5.74) is 3.78. The van der Waals surface area contributed by atoms with Gasteiger partial charge in [-0.2, -0.15) is 5.10 Å². The lowest BCUT2D eigenvalue weighted by Gasteiger charge is -2.17. The Labute approximate surface area is 187 Å². The van der Waals surface area contributed by atoms with Crippen molar-refractivity contribution in [2.45, 2.75) is 6.54 Å². The van der Waals surface area contributed by atoms with Crippen molar-refractivity contribution >= 4 is 5.91 Å². The van der Waals surface area contributed by atoms with Crippen LogP contribution in [0.25, 0.3) is 16.9 Å². The van der Waals surface area contributed by atoms with Crippen molar-refractivity contribution in [1.29, 1.82) is 0 Å². The van der Waals surface area contributed by atoms with Crippen molar-refractivity contribution in [2.24, 2.45) is 0 Å². The summed E-state index contributed by atoms with van der Waals surface area (Å²) in [5.74, 6) is 1.24. The second-order valence-electron chi connectivity index (χ2n) is 7.36. The van der Waals surface area contributed by atoms with Crippen LogP contribution in [0.15, 0.2) is 91.1 Å². The van der Waals surface area contributed by atoms with Crippen LogP contribution in [0.4, 0.5) is 0 Å². The first-order valence-electron chi connectivity index (χ1n) is 10.3.